The van der Waals surface area contributed by atoms with Gasteiger partial charge in [0.05, 0.1) is 10.6 Å². The number of sulfone groups is 1. The van der Waals surface area contributed by atoms with Crippen molar-refractivity contribution in [2.24, 2.45) is 5.73 Å². The normalized spacial score (nSPS) is 30.4. The van der Waals surface area contributed by atoms with Crippen LogP contribution in [0.1, 0.15) is 36.3 Å². The lowest BCUT2D eigenvalue weighted by Gasteiger charge is -2.33. The number of hydrogen-bond acceptors (Lipinski definition) is 3. The number of benzene rings is 1. The van der Waals surface area contributed by atoms with Crippen LogP contribution in [0.15, 0.2) is 23.1 Å². The molecule has 1 heterocycles. The van der Waals surface area contributed by atoms with Crippen LogP contribution in [0.4, 0.5) is 0 Å². The molecule has 1 saturated carbocycles. The molecule has 1 fully saturated rings. The van der Waals surface area contributed by atoms with Crippen LogP contribution in [0.5, 0.6) is 0 Å². The highest BCUT2D eigenvalue weighted by atomic mass is 32.2. The van der Waals surface area contributed by atoms with Gasteiger partial charge in [0.25, 0.3) is 0 Å². The van der Waals surface area contributed by atoms with E-state index in [1.165, 1.54) is 5.56 Å². The van der Waals surface area contributed by atoms with Gasteiger partial charge in [-0.3, -0.25) is 0 Å². The highest BCUT2D eigenvalue weighted by Gasteiger charge is 2.29. The zero-order valence-corrected chi connectivity index (χ0v) is 10.5. The van der Waals surface area contributed by atoms with E-state index in [9.17, 15) is 8.42 Å². The first-order valence-corrected chi connectivity index (χ1v) is 7.82. The monoisotopic (exact) mass is 251 g/mol. The Morgan fingerprint density at radius 3 is 2.71 bits per heavy atom. The molecule has 1 aliphatic carbocycles. The van der Waals surface area contributed by atoms with Gasteiger partial charge in [-0.1, -0.05) is 12.1 Å². The molecule has 1 aliphatic heterocycles. The van der Waals surface area contributed by atoms with E-state index in [1.54, 1.807) is 6.07 Å². The van der Waals surface area contributed by atoms with Gasteiger partial charge in [-0.05, 0) is 48.8 Å². The Bertz CT molecular complexity index is 545. The van der Waals surface area contributed by atoms with E-state index in [-0.39, 0.29) is 0 Å². The maximum Gasteiger partial charge on any atom is 0.178 e. The zero-order chi connectivity index (χ0) is 12.0. The van der Waals surface area contributed by atoms with Crippen molar-refractivity contribution < 1.29 is 8.42 Å². The van der Waals surface area contributed by atoms with E-state index in [2.05, 4.69) is 6.07 Å². The van der Waals surface area contributed by atoms with Crippen LogP contribution < -0.4 is 5.73 Å². The minimum Gasteiger partial charge on any atom is -0.328 e. The molecule has 1 aromatic rings. The Balaban J connectivity index is 1.97. The number of nitrogens with two attached hydrogens (primary N) is 1. The van der Waals surface area contributed by atoms with Crippen LogP contribution in [0.3, 0.4) is 0 Å². The third kappa shape index (κ3) is 1.89. The van der Waals surface area contributed by atoms with Crippen molar-refractivity contribution >= 4 is 9.84 Å². The number of hydrogen-bond donors (Lipinski definition) is 1. The molecule has 3 rings (SSSR count). The van der Waals surface area contributed by atoms with Crippen molar-refractivity contribution in [1.29, 1.82) is 0 Å². The molecule has 0 bridgehead atoms. The number of fused-ring (bicyclic) bond motifs is 1. The summed E-state index contributed by atoms with van der Waals surface area (Å²) in [5.74, 6) is 0.841. The second-order valence-electron chi connectivity index (χ2n) is 5.22. The minimum absolute atomic E-state index is 0.299. The molecule has 0 unspecified atom stereocenters. The lowest BCUT2D eigenvalue weighted by molar-refractivity contribution is 0.351. The molecule has 2 aliphatic rings. The zero-order valence-electron chi connectivity index (χ0n) is 9.72. The maximum absolute atomic E-state index is 11.9. The SMILES string of the molecule is NC1CC(c2ccc3c(c2)CCCS3(=O)=O)C1. The minimum atomic E-state index is -3.01. The Kier molecular flexibility index (Phi) is 2.52. The highest BCUT2D eigenvalue weighted by Crippen LogP contribution is 2.37. The van der Waals surface area contributed by atoms with E-state index >= 15 is 0 Å². The van der Waals surface area contributed by atoms with E-state index in [4.69, 9.17) is 5.73 Å². The molecule has 2 N–H and O–H groups in total. The Hall–Kier alpha value is -0.870. The van der Waals surface area contributed by atoms with Crippen molar-refractivity contribution in [2.75, 3.05) is 5.75 Å². The van der Waals surface area contributed by atoms with Crippen molar-refractivity contribution in [2.45, 2.75) is 42.5 Å². The molecule has 17 heavy (non-hydrogen) atoms. The fourth-order valence-corrected chi connectivity index (χ4v) is 4.43. The third-order valence-electron chi connectivity index (χ3n) is 3.92. The van der Waals surface area contributed by atoms with Gasteiger partial charge in [-0.2, -0.15) is 0 Å². The average Bonchev–Trinajstić information content (AvgIpc) is 2.24. The molecule has 0 saturated heterocycles. The number of rotatable bonds is 1. The number of aryl methyl sites for hydroxylation is 1. The van der Waals surface area contributed by atoms with Crippen molar-refractivity contribution in [3.63, 3.8) is 0 Å². The molecule has 1 aromatic carbocycles. The quantitative estimate of drug-likeness (QED) is 0.825. The Morgan fingerprint density at radius 1 is 1.24 bits per heavy atom. The third-order valence-corrected chi connectivity index (χ3v) is 5.82. The van der Waals surface area contributed by atoms with Crippen LogP contribution in [0.25, 0.3) is 0 Å². The van der Waals surface area contributed by atoms with Crippen LogP contribution in [-0.4, -0.2) is 20.2 Å². The molecule has 0 amide bonds. The average molecular weight is 251 g/mol. The van der Waals surface area contributed by atoms with E-state index in [0.29, 0.717) is 22.6 Å². The van der Waals surface area contributed by atoms with Crippen molar-refractivity contribution in [3.8, 4) is 0 Å². The standard InChI is InChI=1S/C13H17NO2S/c14-12-7-11(8-12)9-3-4-13-10(6-9)2-1-5-17(13,15)16/h3-4,6,11-12H,1-2,5,7-8,14H2. The van der Waals surface area contributed by atoms with Gasteiger partial charge in [-0.25, -0.2) is 8.42 Å². The van der Waals surface area contributed by atoms with Crippen LogP contribution in [0.2, 0.25) is 0 Å². The molecule has 92 valence electrons. The second kappa shape index (κ2) is 3.82. The molecule has 3 nitrogen and oxygen atoms in total. The summed E-state index contributed by atoms with van der Waals surface area (Å²) in [6.07, 6.45) is 3.71. The lowest BCUT2D eigenvalue weighted by Crippen LogP contribution is -2.34. The highest BCUT2D eigenvalue weighted by molar-refractivity contribution is 7.91. The van der Waals surface area contributed by atoms with Gasteiger partial charge >= 0.3 is 0 Å². The molecule has 4 heteroatoms. The molecule has 0 aromatic heterocycles. The summed E-state index contributed by atoms with van der Waals surface area (Å²) >= 11 is 0. The van der Waals surface area contributed by atoms with Crippen LogP contribution >= 0.6 is 0 Å². The molecule has 0 spiro atoms. The summed E-state index contributed by atoms with van der Waals surface area (Å²) in [5.41, 5.74) is 8.07. The van der Waals surface area contributed by atoms with E-state index in [1.807, 2.05) is 6.07 Å². The lowest BCUT2D eigenvalue weighted by atomic mass is 9.76. The summed E-state index contributed by atoms with van der Waals surface area (Å²) in [6.45, 7) is 0. The van der Waals surface area contributed by atoms with E-state index in [0.717, 1.165) is 31.2 Å². The fourth-order valence-electron chi connectivity index (χ4n) is 2.85. The molecular formula is C13H17NO2S. The summed E-state index contributed by atoms with van der Waals surface area (Å²) in [6, 6.07) is 6.18. The van der Waals surface area contributed by atoms with E-state index < -0.39 is 9.84 Å². The van der Waals surface area contributed by atoms with Gasteiger partial charge in [0.15, 0.2) is 9.84 Å². The van der Waals surface area contributed by atoms with Gasteiger partial charge in [0.2, 0.25) is 0 Å². The first kappa shape index (κ1) is 11.2. The van der Waals surface area contributed by atoms with Gasteiger partial charge in [-0.15, -0.1) is 0 Å². The first-order chi connectivity index (χ1) is 8.06. The Labute approximate surface area is 102 Å². The maximum atomic E-state index is 11.9. The summed E-state index contributed by atoms with van der Waals surface area (Å²) in [7, 11) is -3.01. The summed E-state index contributed by atoms with van der Waals surface area (Å²) in [5, 5.41) is 0. The van der Waals surface area contributed by atoms with Gasteiger partial charge in [0, 0.05) is 6.04 Å². The molecule has 0 radical (unpaired) electrons. The fraction of sp³-hybridized carbons (Fsp3) is 0.538. The summed E-state index contributed by atoms with van der Waals surface area (Å²) < 4.78 is 23.7. The predicted octanol–water partition coefficient (Wildman–Crippen LogP) is 1.61. The van der Waals surface area contributed by atoms with Gasteiger partial charge < -0.3 is 5.73 Å². The molecule has 0 atom stereocenters. The smallest absolute Gasteiger partial charge is 0.178 e. The van der Waals surface area contributed by atoms with Crippen molar-refractivity contribution in [1.82, 2.24) is 0 Å². The largest absolute Gasteiger partial charge is 0.328 e. The van der Waals surface area contributed by atoms with Crippen LogP contribution in [0, 0.1) is 0 Å². The summed E-state index contributed by atoms with van der Waals surface area (Å²) in [4.78, 5) is 0.552. The Morgan fingerprint density at radius 2 is 2.00 bits per heavy atom. The predicted molar refractivity (Wildman–Crippen MR) is 66.8 cm³/mol. The topological polar surface area (TPSA) is 60.2 Å². The molecular weight excluding hydrogens is 234 g/mol. The first-order valence-electron chi connectivity index (χ1n) is 6.17. The van der Waals surface area contributed by atoms with Crippen LogP contribution in [-0.2, 0) is 16.3 Å². The second-order valence-corrected chi connectivity index (χ2v) is 7.30. The van der Waals surface area contributed by atoms with Gasteiger partial charge in [0.1, 0.15) is 0 Å². The van der Waals surface area contributed by atoms with Crippen molar-refractivity contribution in [3.05, 3.63) is 29.3 Å².